The maximum absolute atomic E-state index is 5.61. The Morgan fingerprint density at radius 3 is 2.53 bits per heavy atom. The molecule has 1 heterocycles. The molecular weight excluding hydrogens is 240 g/mol. The molecule has 0 atom stereocenters. The first-order chi connectivity index (χ1) is 9.21. The van der Waals surface area contributed by atoms with Gasteiger partial charge in [0.2, 0.25) is 5.88 Å². The molecule has 0 saturated heterocycles. The van der Waals surface area contributed by atoms with Crippen LogP contribution < -0.4 is 4.74 Å². The van der Waals surface area contributed by atoms with Crippen molar-refractivity contribution in [1.82, 2.24) is 9.88 Å². The van der Waals surface area contributed by atoms with E-state index >= 15 is 0 Å². The second-order valence-electron chi connectivity index (χ2n) is 4.12. The summed E-state index contributed by atoms with van der Waals surface area (Å²) < 4.78 is 10.9. The lowest BCUT2D eigenvalue weighted by molar-refractivity contribution is 0.218. The second kappa shape index (κ2) is 8.53. The van der Waals surface area contributed by atoms with E-state index in [0.717, 1.165) is 25.2 Å². The number of hydrogen-bond donors (Lipinski definition) is 0. The summed E-state index contributed by atoms with van der Waals surface area (Å²) in [5, 5.41) is 0. The van der Waals surface area contributed by atoms with E-state index in [-0.39, 0.29) is 0 Å². The molecule has 0 aliphatic heterocycles. The first kappa shape index (κ1) is 15.5. The molecule has 0 fully saturated rings. The van der Waals surface area contributed by atoms with E-state index in [1.165, 1.54) is 0 Å². The quantitative estimate of drug-likeness (QED) is 0.642. The summed E-state index contributed by atoms with van der Waals surface area (Å²) in [6, 6.07) is 3.76. The lowest BCUT2D eigenvalue weighted by Gasteiger charge is -2.17. The topological polar surface area (TPSA) is 34.6 Å². The zero-order valence-corrected chi connectivity index (χ0v) is 12.2. The Hall–Kier alpha value is -1.55. The predicted octanol–water partition coefficient (Wildman–Crippen LogP) is 2.81. The SMILES string of the molecule is C=C(OCC)c1ccc(OCCN(CC)CC)nc1. The minimum absolute atomic E-state index is 0.612. The van der Waals surface area contributed by atoms with Crippen molar-refractivity contribution in [3.63, 3.8) is 0 Å². The zero-order valence-electron chi connectivity index (χ0n) is 12.2. The van der Waals surface area contributed by atoms with Gasteiger partial charge < -0.3 is 14.4 Å². The van der Waals surface area contributed by atoms with Gasteiger partial charge in [0.15, 0.2) is 0 Å². The van der Waals surface area contributed by atoms with Crippen LogP contribution >= 0.6 is 0 Å². The van der Waals surface area contributed by atoms with Gasteiger partial charge in [0.25, 0.3) is 0 Å². The summed E-state index contributed by atoms with van der Waals surface area (Å²) in [4.78, 5) is 6.56. The Kier molecular flexibility index (Phi) is 6.97. The van der Waals surface area contributed by atoms with Gasteiger partial charge in [0.1, 0.15) is 12.4 Å². The van der Waals surface area contributed by atoms with E-state index < -0.39 is 0 Å². The molecule has 1 aromatic rings. The molecule has 1 rings (SSSR count). The maximum atomic E-state index is 5.61. The highest BCUT2D eigenvalue weighted by Crippen LogP contribution is 2.15. The van der Waals surface area contributed by atoms with E-state index in [4.69, 9.17) is 9.47 Å². The lowest BCUT2D eigenvalue weighted by atomic mass is 10.2. The molecule has 0 bridgehead atoms. The van der Waals surface area contributed by atoms with Crippen LogP contribution in [0.1, 0.15) is 26.3 Å². The molecule has 4 heteroatoms. The van der Waals surface area contributed by atoms with Crippen LogP contribution in [-0.2, 0) is 4.74 Å². The predicted molar refractivity (Wildman–Crippen MR) is 78.2 cm³/mol. The summed E-state index contributed by atoms with van der Waals surface area (Å²) in [7, 11) is 0. The number of pyridine rings is 1. The number of aromatic nitrogens is 1. The third kappa shape index (κ3) is 5.30. The minimum Gasteiger partial charge on any atom is -0.494 e. The number of nitrogens with zero attached hydrogens (tertiary/aromatic N) is 2. The van der Waals surface area contributed by atoms with Gasteiger partial charge in [-0.05, 0) is 26.1 Å². The van der Waals surface area contributed by atoms with Gasteiger partial charge in [0.05, 0.1) is 6.61 Å². The maximum Gasteiger partial charge on any atom is 0.213 e. The first-order valence-corrected chi connectivity index (χ1v) is 6.84. The van der Waals surface area contributed by atoms with Crippen LogP contribution in [0.4, 0.5) is 0 Å². The van der Waals surface area contributed by atoms with E-state index in [9.17, 15) is 0 Å². The molecule has 0 radical (unpaired) electrons. The molecule has 0 aromatic carbocycles. The summed E-state index contributed by atoms with van der Waals surface area (Å²) in [6.07, 6.45) is 1.73. The highest BCUT2D eigenvalue weighted by atomic mass is 16.5. The van der Waals surface area contributed by atoms with Crippen molar-refractivity contribution >= 4 is 5.76 Å². The third-order valence-corrected chi connectivity index (χ3v) is 2.93. The fourth-order valence-corrected chi connectivity index (χ4v) is 1.71. The van der Waals surface area contributed by atoms with Gasteiger partial charge in [0, 0.05) is 24.4 Å². The fraction of sp³-hybridized carbons (Fsp3) is 0.533. The molecule has 4 nitrogen and oxygen atoms in total. The van der Waals surface area contributed by atoms with Crippen LogP contribution in [-0.4, -0.2) is 42.7 Å². The molecule has 1 aromatic heterocycles. The van der Waals surface area contributed by atoms with E-state index in [0.29, 0.717) is 24.9 Å². The Morgan fingerprint density at radius 1 is 1.26 bits per heavy atom. The standard InChI is InChI=1S/C15H24N2O2/c1-5-17(6-2)10-11-19-15-9-8-14(12-16-15)13(4)18-7-3/h8-9,12H,4-7,10-11H2,1-3H3. The Labute approximate surface area is 116 Å². The summed E-state index contributed by atoms with van der Waals surface area (Å²) in [5.74, 6) is 1.28. The molecule has 106 valence electrons. The van der Waals surface area contributed by atoms with Gasteiger partial charge in [-0.3, -0.25) is 0 Å². The van der Waals surface area contributed by atoms with Crippen molar-refractivity contribution in [2.45, 2.75) is 20.8 Å². The van der Waals surface area contributed by atoms with Crippen LogP contribution in [0.15, 0.2) is 24.9 Å². The second-order valence-corrected chi connectivity index (χ2v) is 4.12. The average molecular weight is 264 g/mol. The van der Waals surface area contributed by atoms with Crippen molar-refractivity contribution < 1.29 is 9.47 Å². The fourth-order valence-electron chi connectivity index (χ4n) is 1.71. The number of hydrogen-bond acceptors (Lipinski definition) is 4. The Bertz CT molecular complexity index is 372. The van der Waals surface area contributed by atoms with Gasteiger partial charge >= 0.3 is 0 Å². The summed E-state index contributed by atoms with van der Waals surface area (Å²) in [5.41, 5.74) is 0.887. The first-order valence-electron chi connectivity index (χ1n) is 6.84. The lowest BCUT2D eigenvalue weighted by Crippen LogP contribution is -2.28. The molecule has 19 heavy (non-hydrogen) atoms. The average Bonchev–Trinajstić information content (AvgIpc) is 2.44. The molecule has 0 saturated carbocycles. The van der Waals surface area contributed by atoms with Crippen LogP contribution in [0.2, 0.25) is 0 Å². The molecule has 0 unspecified atom stereocenters. The molecule has 0 amide bonds. The van der Waals surface area contributed by atoms with E-state index in [1.807, 2.05) is 19.1 Å². The van der Waals surface area contributed by atoms with Crippen LogP contribution in [0.3, 0.4) is 0 Å². The van der Waals surface area contributed by atoms with Crippen LogP contribution in [0.5, 0.6) is 5.88 Å². The van der Waals surface area contributed by atoms with Crippen molar-refractivity contribution in [1.29, 1.82) is 0 Å². The molecule has 0 spiro atoms. The largest absolute Gasteiger partial charge is 0.494 e. The van der Waals surface area contributed by atoms with Gasteiger partial charge in [-0.25, -0.2) is 4.98 Å². The normalized spacial score (nSPS) is 10.5. The number of ether oxygens (including phenoxy) is 2. The van der Waals surface area contributed by atoms with Crippen molar-refractivity contribution in [2.24, 2.45) is 0 Å². The van der Waals surface area contributed by atoms with E-state index in [1.54, 1.807) is 6.20 Å². The molecule has 0 aliphatic rings. The minimum atomic E-state index is 0.612. The Balaban J connectivity index is 2.42. The van der Waals surface area contributed by atoms with Gasteiger partial charge in [-0.2, -0.15) is 0 Å². The number of rotatable bonds is 9. The third-order valence-electron chi connectivity index (χ3n) is 2.93. The van der Waals surface area contributed by atoms with Crippen molar-refractivity contribution in [2.75, 3.05) is 32.8 Å². The Morgan fingerprint density at radius 2 is 2.00 bits per heavy atom. The number of likely N-dealkylation sites (N-methyl/N-ethyl adjacent to an activating group) is 1. The molecule has 0 N–H and O–H groups in total. The van der Waals surface area contributed by atoms with Crippen LogP contribution in [0, 0.1) is 0 Å². The highest BCUT2D eigenvalue weighted by Gasteiger charge is 2.03. The smallest absolute Gasteiger partial charge is 0.213 e. The summed E-state index contributed by atoms with van der Waals surface area (Å²) in [6.45, 7) is 14.3. The van der Waals surface area contributed by atoms with Gasteiger partial charge in [-0.1, -0.05) is 20.4 Å². The summed E-state index contributed by atoms with van der Waals surface area (Å²) >= 11 is 0. The van der Waals surface area contributed by atoms with Crippen LogP contribution in [0.25, 0.3) is 5.76 Å². The zero-order chi connectivity index (χ0) is 14.1. The van der Waals surface area contributed by atoms with Gasteiger partial charge in [-0.15, -0.1) is 0 Å². The monoisotopic (exact) mass is 264 g/mol. The molecule has 0 aliphatic carbocycles. The highest BCUT2D eigenvalue weighted by molar-refractivity contribution is 5.56. The molecular formula is C15H24N2O2. The van der Waals surface area contributed by atoms with Crippen molar-refractivity contribution in [3.8, 4) is 5.88 Å². The van der Waals surface area contributed by atoms with Crippen molar-refractivity contribution in [3.05, 3.63) is 30.5 Å². The van der Waals surface area contributed by atoms with E-state index in [2.05, 4.69) is 30.3 Å².